The van der Waals surface area contributed by atoms with Crippen LogP contribution >= 0.6 is 11.6 Å². The Hall–Kier alpha value is -0.900. The van der Waals surface area contributed by atoms with Crippen molar-refractivity contribution in [3.63, 3.8) is 0 Å². The molecule has 1 aliphatic carbocycles. The third kappa shape index (κ3) is 2.37. The lowest BCUT2D eigenvalue weighted by molar-refractivity contribution is 0.593. The van der Waals surface area contributed by atoms with Gasteiger partial charge in [-0.3, -0.25) is 0 Å². The first-order valence-electron chi connectivity index (χ1n) is 5.11. The van der Waals surface area contributed by atoms with Gasteiger partial charge >= 0.3 is 0 Å². The molecule has 1 fully saturated rings. The number of nitrogens with zero attached hydrogens (tertiary/aromatic N) is 2. The Morgan fingerprint density at radius 2 is 2.33 bits per heavy atom. The molecule has 0 bridgehead atoms. The molecule has 0 unspecified atom stereocenters. The molecule has 0 amide bonds. The van der Waals surface area contributed by atoms with E-state index in [1.807, 2.05) is 0 Å². The molecule has 1 aromatic heterocycles. The van der Waals surface area contributed by atoms with Gasteiger partial charge in [-0.2, -0.15) is 4.98 Å². The van der Waals surface area contributed by atoms with Crippen LogP contribution < -0.4 is 5.32 Å². The maximum absolute atomic E-state index is 13.3. The molecule has 1 saturated carbocycles. The molecule has 0 atom stereocenters. The second-order valence-corrected chi connectivity index (χ2v) is 4.33. The number of rotatable bonds is 4. The van der Waals surface area contributed by atoms with Gasteiger partial charge in [-0.15, -0.1) is 0 Å². The summed E-state index contributed by atoms with van der Waals surface area (Å²) in [6, 6.07) is 0. The fraction of sp³-hybridized carbons (Fsp3) is 0.600. The molecule has 0 spiro atoms. The highest BCUT2D eigenvalue weighted by molar-refractivity contribution is 6.28. The summed E-state index contributed by atoms with van der Waals surface area (Å²) in [5.41, 5.74) is 0.0489. The molecular weight excluding hydrogens is 217 g/mol. The lowest BCUT2D eigenvalue weighted by Gasteiger charge is -2.17. The molecule has 1 N–H and O–H groups in total. The fourth-order valence-corrected chi connectivity index (χ4v) is 1.88. The maximum Gasteiger partial charge on any atom is 0.224 e. The fourth-order valence-electron chi connectivity index (χ4n) is 1.75. The predicted molar refractivity (Wildman–Crippen MR) is 57.5 cm³/mol. The minimum absolute atomic E-state index is 0.0489. The summed E-state index contributed by atoms with van der Waals surface area (Å²) in [6.07, 6.45) is 5.35. The van der Waals surface area contributed by atoms with E-state index in [-0.39, 0.29) is 16.6 Å². The highest BCUT2D eigenvalue weighted by atomic mass is 35.5. The number of hydrogen-bond acceptors (Lipinski definition) is 3. The van der Waals surface area contributed by atoms with E-state index in [0.717, 1.165) is 31.9 Å². The first-order chi connectivity index (χ1) is 7.15. The van der Waals surface area contributed by atoms with E-state index < -0.39 is 5.82 Å². The third-order valence-electron chi connectivity index (χ3n) is 2.68. The number of aromatic nitrogens is 2. The summed E-state index contributed by atoms with van der Waals surface area (Å²) in [7, 11) is 0. The molecule has 2 rings (SSSR count). The van der Waals surface area contributed by atoms with Gasteiger partial charge in [0.25, 0.3) is 0 Å². The summed E-state index contributed by atoms with van der Waals surface area (Å²) in [5.74, 6) is -0.220. The summed E-state index contributed by atoms with van der Waals surface area (Å²) >= 11 is 5.61. The zero-order chi connectivity index (χ0) is 10.9. The molecule has 3 nitrogen and oxygen atoms in total. The predicted octanol–water partition coefficient (Wildman–Crippen LogP) is 3.01. The van der Waals surface area contributed by atoms with Gasteiger partial charge in [0.05, 0.1) is 6.20 Å². The van der Waals surface area contributed by atoms with Gasteiger partial charge < -0.3 is 5.32 Å². The van der Waals surface area contributed by atoms with E-state index in [1.54, 1.807) is 0 Å². The molecule has 0 aromatic carbocycles. The number of anilines is 1. The van der Waals surface area contributed by atoms with Crippen molar-refractivity contribution in [3.05, 3.63) is 17.3 Å². The van der Waals surface area contributed by atoms with Crippen molar-refractivity contribution in [2.24, 2.45) is 0 Å². The zero-order valence-corrected chi connectivity index (χ0v) is 9.31. The van der Waals surface area contributed by atoms with E-state index in [2.05, 4.69) is 22.2 Å². The minimum atomic E-state index is -0.443. The van der Waals surface area contributed by atoms with Crippen molar-refractivity contribution in [1.29, 1.82) is 0 Å². The van der Waals surface area contributed by atoms with Gasteiger partial charge in [-0.25, -0.2) is 9.37 Å². The van der Waals surface area contributed by atoms with Crippen LogP contribution in [0.4, 0.5) is 10.2 Å². The monoisotopic (exact) mass is 229 g/mol. The Kier molecular flexibility index (Phi) is 2.78. The molecule has 1 aromatic rings. The van der Waals surface area contributed by atoms with E-state index >= 15 is 0 Å². The van der Waals surface area contributed by atoms with Crippen LogP contribution in [-0.4, -0.2) is 15.5 Å². The summed E-state index contributed by atoms with van der Waals surface area (Å²) < 4.78 is 13.3. The zero-order valence-electron chi connectivity index (χ0n) is 8.56. The summed E-state index contributed by atoms with van der Waals surface area (Å²) in [6.45, 7) is 2.12. The molecule has 1 heterocycles. The van der Waals surface area contributed by atoms with E-state index in [1.165, 1.54) is 0 Å². The van der Waals surface area contributed by atoms with Gasteiger partial charge in [0.15, 0.2) is 11.6 Å². The Labute approximate surface area is 93.1 Å². The third-order valence-corrected chi connectivity index (χ3v) is 2.86. The average Bonchev–Trinajstić information content (AvgIpc) is 2.92. The number of nitrogens with one attached hydrogen (secondary N) is 1. The van der Waals surface area contributed by atoms with Gasteiger partial charge in [0.2, 0.25) is 5.28 Å². The van der Waals surface area contributed by atoms with Crippen LogP contribution in [0.25, 0.3) is 0 Å². The standard InChI is InChI=1S/C10H13ClFN3/c1-2-3-10(4-5-10)15-8-7(12)6-13-9(11)14-8/h6H,2-5H2,1H3,(H,13,14,15). The molecule has 82 valence electrons. The second-order valence-electron chi connectivity index (χ2n) is 3.99. The smallest absolute Gasteiger partial charge is 0.224 e. The maximum atomic E-state index is 13.3. The summed E-state index contributed by atoms with van der Waals surface area (Å²) in [5, 5.41) is 3.20. The molecular formula is C10H13ClFN3. The lowest BCUT2D eigenvalue weighted by atomic mass is 10.1. The molecule has 1 aliphatic rings. The molecule has 0 aliphatic heterocycles. The van der Waals surface area contributed by atoms with Crippen LogP contribution in [0.5, 0.6) is 0 Å². The van der Waals surface area contributed by atoms with E-state index in [0.29, 0.717) is 0 Å². The van der Waals surface area contributed by atoms with Crippen LogP contribution in [0.15, 0.2) is 6.20 Å². The second kappa shape index (κ2) is 3.93. The SMILES string of the molecule is CCCC1(Nc2nc(Cl)ncc2F)CC1. The Morgan fingerprint density at radius 3 is 2.93 bits per heavy atom. The number of halogens is 2. The molecule has 0 radical (unpaired) electrons. The molecule has 15 heavy (non-hydrogen) atoms. The Balaban J connectivity index is 2.13. The van der Waals surface area contributed by atoms with Gasteiger partial charge in [0, 0.05) is 5.54 Å². The molecule has 0 saturated heterocycles. The topological polar surface area (TPSA) is 37.8 Å². The van der Waals surface area contributed by atoms with Crippen LogP contribution in [0.3, 0.4) is 0 Å². The van der Waals surface area contributed by atoms with Crippen molar-refractivity contribution in [1.82, 2.24) is 9.97 Å². The van der Waals surface area contributed by atoms with Crippen molar-refractivity contribution < 1.29 is 4.39 Å². The van der Waals surface area contributed by atoms with Crippen molar-refractivity contribution in [2.75, 3.05) is 5.32 Å². The first-order valence-corrected chi connectivity index (χ1v) is 5.49. The van der Waals surface area contributed by atoms with Crippen LogP contribution in [0.1, 0.15) is 32.6 Å². The number of hydrogen-bond donors (Lipinski definition) is 1. The summed E-state index contributed by atoms with van der Waals surface area (Å²) in [4.78, 5) is 7.42. The Bertz CT molecular complexity index is 366. The van der Waals surface area contributed by atoms with Crippen LogP contribution in [-0.2, 0) is 0 Å². The van der Waals surface area contributed by atoms with Crippen molar-refractivity contribution in [3.8, 4) is 0 Å². The van der Waals surface area contributed by atoms with E-state index in [9.17, 15) is 4.39 Å². The highest BCUT2D eigenvalue weighted by Gasteiger charge is 2.42. The van der Waals surface area contributed by atoms with Gasteiger partial charge in [-0.05, 0) is 30.9 Å². The Morgan fingerprint density at radius 1 is 1.60 bits per heavy atom. The van der Waals surface area contributed by atoms with Crippen LogP contribution in [0, 0.1) is 5.82 Å². The minimum Gasteiger partial charge on any atom is -0.362 e. The van der Waals surface area contributed by atoms with Crippen LogP contribution in [0.2, 0.25) is 5.28 Å². The van der Waals surface area contributed by atoms with E-state index in [4.69, 9.17) is 11.6 Å². The van der Waals surface area contributed by atoms with Gasteiger partial charge in [-0.1, -0.05) is 13.3 Å². The largest absolute Gasteiger partial charge is 0.362 e. The first kappa shape index (κ1) is 10.6. The average molecular weight is 230 g/mol. The lowest BCUT2D eigenvalue weighted by Crippen LogP contribution is -2.22. The quantitative estimate of drug-likeness (QED) is 0.807. The van der Waals surface area contributed by atoms with Gasteiger partial charge in [0.1, 0.15) is 0 Å². The van der Waals surface area contributed by atoms with Crippen molar-refractivity contribution in [2.45, 2.75) is 38.1 Å². The van der Waals surface area contributed by atoms with Crippen molar-refractivity contribution >= 4 is 17.4 Å². The highest BCUT2D eigenvalue weighted by Crippen LogP contribution is 2.42. The normalized spacial score (nSPS) is 17.5. The molecule has 5 heteroatoms.